The van der Waals surface area contributed by atoms with Crippen molar-refractivity contribution in [3.63, 3.8) is 0 Å². The van der Waals surface area contributed by atoms with Gasteiger partial charge >= 0.3 is 0 Å². The average Bonchev–Trinajstić information content (AvgIpc) is 3.85. The molecule has 0 N–H and O–H groups in total. The van der Waals surface area contributed by atoms with E-state index in [9.17, 15) is 0 Å². The van der Waals surface area contributed by atoms with Gasteiger partial charge in [0, 0.05) is 35.9 Å². The van der Waals surface area contributed by atoms with Gasteiger partial charge in [-0.1, -0.05) is 46.4 Å². The summed E-state index contributed by atoms with van der Waals surface area (Å²) in [4.78, 5) is 26.2. The van der Waals surface area contributed by atoms with E-state index in [4.69, 9.17) is 65.4 Å². The van der Waals surface area contributed by atoms with Crippen LogP contribution >= 0.6 is 62.3 Å². The smallest absolute Gasteiger partial charge is 0.278 e. The zero-order valence-corrected chi connectivity index (χ0v) is 33.3. The van der Waals surface area contributed by atoms with E-state index in [-0.39, 0.29) is 33.6 Å². The van der Waals surface area contributed by atoms with E-state index in [0.717, 1.165) is 11.1 Å². The number of hydrogen-bond donors (Lipinski definition) is 0. The number of halogens is 5. The summed E-state index contributed by atoms with van der Waals surface area (Å²) in [6.07, 6.45) is 8.22. The molecule has 0 aliphatic heterocycles. The van der Waals surface area contributed by atoms with Crippen LogP contribution in [0.2, 0.25) is 20.1 Å². The van der Waals surface area contributed by atoms with Gasteiger partial charge in [-0.3, -0.25) is 19.1 Å². The van der Waals surface area contributed by atoms with Gasteiger partial charge in [-0.15, -0.1) is 20.4 Å². The minimum Gasteiger partial charge on any atom is -0.477 e. The number of hydrogen-bond acceptors (Lipinski definition) is 14. The molecule has 0 saturated heterocycles. The molecule has 0 aliphatic carbocycles. The summed E-state index contributed by atoms with van der Waals surface area (Å²) in [6.45, 7) is 0. The van der Waals surface area contributed by atoms with Crippen LogP contribution in [0.25, 0.3) is 56.2 Å². The first-order valence-electron chi connectivity index (χ1n) is 15.6. The second-order valence-corrected chi connectivity index (χ2v) is 13.2. The molecular formula is C34H23BrCl4N12O4. The Hall–Kier alpha value is -5.46. The molecule has 0 radical (unpaired) electrons. The third-order valence-corrected chi connectivity index (χ3v) is 9.85. The van der Waals surface area contributed by atoms with Crippen molar-refractivity contribution in [2.45, 2.75) is 0 Å². The molecule has 0 bridgehead atoms. The van der Waals surface area contributed by atoms with Crippen molar-refractivity contribution in [3.05, 3.63) is 92.3 Å². The number of nitrogens with zero attached hydrogens (tertiary/aromatic N) is 12. The summed E-state index contributed by atoms with van der Waals surface area (Å²) in [6, 6.07) is 10.6. The fourth-order valence-electron chi connectivity index (χ4n) is 5.38. The van der Waals surface area contributed by atoms with Crippen LogP contribution in [0.3, 0.4) is 0 Å². The summed E-state index contributed by atoms with van der Waals surface area (Å²) in [5, 5.41) is 17.7. The van der Waals surface area contributed by atoms with Crippen LogP contribution in [-0.2, 0) is 0 Å². The molecule has 0 atom stereocenters. The molecule has 0 unspecified atom stereocenters. The van der Waals surface area contributed by atoms with Crippen molar-refractivity contribution in [2.24, 2.45) is 0 Å². The van der Waals surface area contributed by atoms with Crippen molar-refractivity contribution >= 4 is 84.4 Å². The number of rotatable bonds is 8. The maximum atomic E-state index is 6.58. The predicted molar refractivity (Wildman–Crippen MR) is 209 cm³/mol. The first-order valence-corrected chi connectivity index (χ1v) is 17.9. The normalized spacial score (nSPS) is 11.0. The largest absolute Gasteiger partial charge is 0.477 e. The lowest BCUT2D eigenvalue weighted by Gasteiger charge is -2.15. The zero-order chi connectivity index (χ0) is 38.8. The molecule has 8 aromatic rings. The van der Waals surface area contributed by atoms with Crippen LogP contribution < -0.4 is 18.9 Å². The lowest BCUT2D eigenvalue weighted by molar-refractivity contribution is 0.334. The molecule has 2 aromatic carbocycles. The van der Waals surface area contributed by atoms with Crippen LogP contribution in [0.1, 0.15) is 0 Å². The summed E-state index contributed by atoms with van der Waals surface area (Å²) in [5.74, 6) is 1.94. The number of pyridine rings is 2. The van der Waals surface area contributed by atoms with Gasteiger partial charge in [0.25, 0.3) is 23.5 Å². The number of fused-ring (bicyclic) bond motifs is 2. The summed E-state index contributed by atoms with van der Waals surface area (Å²) in [5.41, 5.74) is 4.29. The number of ether oxygens (including phenoxy) is 4. The standard InChI is InChI=1S/C17H11BrCl2N6O2.C17H12Cl2N6O2/c1-27-15-16(28-2)23-12-10(22-15)6-9(19)11(20)13(12)26-14(24-25-17(26)18)8-4-3-5-21-7-8;1-26-16-17(27-2)23-13-11(22-16)6-10(18)12(19)14(13)25-8-21-24-15(25)9-4-3-5-20-7-9/h3-7H,1-2H3;3-8H,1-2H3. The second kappa shape index (κ2) is 16.1. The van der Waals surface area contributed by atoms with Crippen molar-refractivity contribution in [1.82, 2.24) is 59.4 Å². The maximum absolute atomic E-state index is 6.58. The summed E-state index contributed by atoms with van der Waals surface area (Å²) < 4.78 is 24.8. The first-order chi connectivity index (χ1) is 26.7. The van der Waals surface area contributed by atoms with Crippen LogP contribution in [0.5, 0.6) is 23.5 Å². The van der Waals surface area contributed by atoms with Crippen molar-refractivity contribution in [1.29, 1.82) is 0 Å². The van der Waals surface area contributed by atoms with Crippen LogP contribution in [-0.4, -0.2) is 87.9 Å². The van der Waals surface area contributed by atoms with Gasteiger partial charge in [-0.05, 0) is 52.3 Å². The van der Waals surface area contributed by atoms with Gasteiger partial charge < -0.3 is 18.9 Å². The molecule has 0 amide bonds. The fourth-order valence-corrected chi connectivity index (χ4v) is 6.65. The van der Waals surface area contributed by atoms with Gasteiger partial charge in [-0.25, -0.2) is 19.9 Å². The minimum atomic E-state index is 0.210. The van der Waals surface area contributed by atoms with E-state index in [2.05, 4.69) is 66.2 Å². The molecule has 6 heterocycles. The first kappa shape index (κ1) is 37.8. The SMILES string of the molecule is COc1nc2cc(Cl)c(Cl)c(-n3c(Br)nnc3-c3cccnc3)c2nc1OC.COc1nc2cc(Cl)c(Cl)c(-n3cnnc3-c3cccnc3)c2nc1OC. The van der Waals surface area contributed by atoms with E-state index in [0.29, 0.717) is 59.9 Å². The molecule has 16 nitrogen and oxygen atoms in total. The van der Waals surface area contributed by atoms with E-state index < -0.39 is 0 Å². The number of aromatic nitrogens is 12. The Morgan fingerprint density at radius 2 is 1.09 bits per heavy atom. The van der Waals surface area contributed by atoms with E-state index in [1.54, 1.807) is 58.2 Å². The lowest BCUT2D eigenvalue weighted by atomic mass is 10.2. The van der Waals surface area contributed by atoms with E-state index in [1.165, 1.54) is 34.8 Å². The monoisotopic (exact) mass is 882 g/mol. The Morgan fingerprint density at radius 3 is 1.60 bits per heavy atom. The van der Waals surface area contributed by atoms with Crippen molar-refractivity contribution < 1.29 is 18.9 Å². The van der Waals surface area contributed by atoms with Crippen LogP contribution in [0, 0.1) is 0 Å². The van der Waals surface area contributed by atoms with Gasteiger partial charge in [0.1, 0.15) is 17.4 Å². The highest BCUT2D eigenvalue weighted by molar-refractivity contribution is 9.10. The highest BCUT2D eigenvalue weighted by Crippen LogP contribution is 2.41. The average molecular weight is 885 g/mol. The molecule has 55 heavy (non-hydrogen) atoms. The van der Waals surface area contributed by atoms with Gasteiger partial charge in [-0.2, -0.15) is 0 Å². The topological polar surface area (TPSA) is 176 Å². The molecule has 6 aromatic heterocycles. The quantitative estimate of drug-likeness (QED) is 0.144. The molecular weight excluding hydrogens is 862 g/mol. The molecule has 0 fully saturated rings. The highest BCUT2D eigenvalue weighted by atomic mass is 79.9. The molecule has 21 heteroatoms. The highest BCUT2D eigenvalue weighted by Gasteiger charge is 2.25. The van der Waals surface area contributed by atoms with Crippen LogP contribution in [0.4, 0.5) is 0 Å². The van der Waals surface area contributed by atoms with E-state index >= 15 is 0 Å². The van der Waals surface area contributed by atoms with Crippen molar-refractivity contribution in [2.75, 3.05) is 28.4 Å². The summed E-state index contributed by atoms with van der Waals surface area (Å²) in [7, 11) is 5.92. The lowest BCUT2D eigenvalue weighted by Crippen LogP contribution is -2.05. The Balaban J connectivity index is 0.000000169. The number of methoxy groups -OCH3 is 4. The number of benzene rings is 2. The van der Waals surface area contributed by atoms with Crippen molar-refractivity contribution in [3.8, 4) is 57.7 Å². The van der Waals surface area contributed by atoms with E-state index in [1.807, 2.05) is 12.1 Å². The Kier molecular flexibility index (Phi) is 11.1. The third-order valence-electron chi connectivity index (χ3n) is 7.78. The third kappa shape index (κ3) is 7.12. The second-order valence-electron chi connectivity index (χ2n) is 10.9. The van der Waals surface area contributed by atoms with Gasteiger partial charge in [0.05, 0.1) is 70.9 Å². The Morgan fingerprint density at radius 1 is 0.600 bits per heavy atom. The van der Waals surface area contributed by atoms with Gasteiger partial charge in [0.2, 0.25) is 4.73 Å². The Bertz CT molecular complexity index is 2690. The molecule has 8 rings (SSSR count). The fraction of sp³-hybridized carbons (Fsp3) is 0.118. The zero-order valence-electron chi connectivity index (χ0n) is 28.7. The maximum Gasteiger partial charge on any atom is 0.278 e. The molecule has 0 spiro atoms. The molecule has 0 aliphatic rings. The predicted octanol–water partition coefficient (Wildman–Crippen LogP) is 7.96. The van der Waals surface area contributed by atoms with Crippen LogP contribution in [0.15, 0.2) is 72.2 Å². The minimum absolute atomic E-state index is 0.210. The summed E-state index contributed by atoms with van der Waals surface area (Å²) >= 11 is 29.2. The molecule has 278 valence electrons. The molecule has 0 saturated carbocycles. The van der Waals surface area contributed by atoms with Gasteiger partial charge in [0.15, 0.2) is 11.6 Å². The Labute approximate surface area is 339 Å².